The van der Waals surface area contributed by atoms with Gasteiger partial charge in [0, 0.05) is 11.6 Å². The molecule has 1 fully saturated rings. The summed E-state index contributed by atoms with van der Waals surface area (Å²) < 4.78 is 26.7. The largest absolute Gasteiger partial charge is 0.480 e. The summed E-state index contributed by atoms with van der Waals surface area (Å²) in [6.45, 7) is 0. The quantitative estimate of drug-likeness (QED) is 0.598. The van der Waals surface area contributed by atoms with Crippen molar-refractivity contribution in [2.45, 2.75) is 36.2 Å². The number of amides is 1. The highest BCUT2D eigenvalue weighted by Gasteiger charge is 2.28. The third-order valence-corrected chi connectivity index (χ3v) is 5.72. The lowest BCUT2D eigenvalue weighted by atomic mass is 10.1. The van der Waals surface area contributed by atoms with Crippen molar-refractivity contribution in [2.75, 3.05) is 12.0 Å². The Morgan fingerprint density at radius 2 is 1.92 bits per heavy atom. The zero-order valence-corrected chi connectivity index (χ0v) is 14.8. The van der Waals surface area contributed by atoms with Crippen LogP contribution in [-0.2, 0) is 14.8 Å². The van der Waals surface area contributed by atoms with Crippen LogP contribution in [0.15, 0.2) is 29.2 Å². The number of carbonyl (C=O) groups is 2. The van der Waals surface area contributed by atoms with Gasteiger partial charge < -0.3 is 10.4 Å². The van der Waals surface area contributed by atoms with Gasteiger partial charge in [0.1, 0.15) is 6.04 Å². The maximum Gasteiger partial charge on any atom is 0.326 e. The maximum absolute atomic E-state index is 12.1. The zero-order valence-electron chi connectivity index (χ0n) is 13.2. The molecule has 24 heavy (non-hydrogen) atoms. The van der Waals surface area contributed by atoms with Crippen molar-refractivity contribution in [2.24, 2.45) is 0 Å². The summed E-state index contributed by atoms with van der Waals surface area (Å²) >= 11 is 1.50. The van der Waals surface area contributed by atoms with Gasteiger partial charge in [-0.3, -0.25) is 4.79 Å². The van der Waals surface area contributed by atoms with Gasteiger partial charge >= 0.3 is 5.97 Å². The molecule has 0 saturated heterocycles. The van der Waals surface area contributed by atoms with Gasteiger partial charge in [0.05, 0.1) is 4.90 Å². The minimum absolute atomic E-state index is 0.00531. The molecule has 2 rings (SSSR count). The van der Waals surface area contributed by atoms with Crippen molar-refractivity contribution in [3.8, 4) is 0 Å². The molecule has 7 nitrogen and oxygen atoms in total. The lowest BCUT2D eigenvalue weighted by molar-refractivity contribution is -0.139. The molecule has 0 unspecified atom stereocenters. The van der Waals surface area contributed by atoms with E-state index in [0.29, 0.717) is 12.2 Å². The SMILES string of the molecule is CSCC[C@@H](NC(=O)c1ccc(S(=O)(=O)NC2CC2)cc1)C(=O)O. The molecule has 1 aliphatic carbocycles. The molecule has 0 bridgehead atoms. The average Bonchev–Trinajstić information content (AvgIpc) is 3.34. The maximum atomic E-state index is 12.1. The van der Waals surface area contributed by atoms with Crippen LogP contribution >= 0.6 is 11.8 Å². The molecule has 0 radical (unpaired) electrons. The molecule has 1 aromatic rings. The average molecular weight is 372 g/mol. The highest BCUT2D eigenvalue weighted by atomic mass is 32.2. The first-order valence-electron chi connectivity index (χ1n) is 7.48. The monoisotopic (exact) mass is 372 g/mol. The Morgan fingerprint density at radius 1 is 1.29 bits per heavy atom. The second-order valence-electron chi connectivity index (χ2n) is 5.57. The molecular weight excluding hydrogens is 352 g/mol. The van der Waals surface area contributed by atoms with Gasteiger partial charge in [0.15, 0.2) is 0 Å². The van der Waals surface area contributed by atoms with Crippen LogP contribution in [0.4, 0.5) is 0 Å². The van der Waals surface area contributed by atoms with Gasteiger partial charge in [-0.15, -0.1) is 0 Å². The second-order valence-corrected chi connectivity index (χ2v) is 8.27. The minimum atomic E-state index is -3.57. The molecule has 1 saturated carbocycles. The topological polar surface area (TPSA) is 113 Å². The number of carboxylic acid groups (broad SMARTS) is 1. The molecule has 1 atom stereocenters. The molecule has 0 heterocycles. The summed E-state index contributed by atoms with van der Waals surface area (Å²) in [6.07, 6.45) is 3.86. The van der Waals surface area contributed by atoms with E-state index in [2.05, 4.69) is 10.0 Å². The number of hydrogen-bond acceptors (Lipinski definition) is 5. The van der Waals surface area contributed by atoms with Crippen LogP contribution in [0, 0.1) is 0 Å². The normalized spacial score (nSPS) is 15.7. The standard InChI is InChI=1S/C15H20N2O5S2/c1-23-9-8-13(15(19)20)16-14(18)10-2-6-12(7-3-10)24(21,22)17-11-4-5-11/h2-3,6-7,11,13,17H,4-5,8-9H2,1H3,(H,16,18)(H,19,20)/t13-/m1/s1. The number of aliphatic carboxylic acids is 1. The molecule has 0 aromatic heterocycles. The zero-order chi connectivity index (χ0) is 17.7. The van der Waals surface area contributed by atoms with Gasteiger partial charge in [-0.25, -0.2) is 17.9 Å². The van der Waals surface area contributed by atoms with Gasteiger partial charge in [0.2, 0.25) is 10.0 Å². The van der Waals surface area contributed by atoms with Gasteiger partial charge in [-0.05, 0) is 55.5 Å². The van der Waals surface area contributed by atoms with Crippen LogP contribution < -0.4 is 10.0 Å². The number of rotatable bonds is 9. The van der Waals surface area contributed by atoms with E-state index in [-0.39, 0.29) is 16.5 Å². The fraction of sp³-hybridized carbons (Fsp3) is 0.467. The number of carbonyl (C=O) groups excluding carboxylic acids is 1. The van der Waals surface area contributed by atoms with Crippen molar-refractivity contribution >= 4 is 33.7 Å². The summed E-state index contributed by atoms with van der Waals surface area (Å²) in [6, 6.07) is 4.49. The molecule has 9 heteroatoms. The van der Waals surface area contributed by atoms with Crippen molar-refractivity contribution in [3.05, 3.63) is 29.8 Å². The number of thioether (sulfide) groups is 1. The summed E-state index contributed by atoms with van der Waals surface area (Å²) in [4.78, 5) is 23.4. The van der Waals surface area contributed by atoms with Crippen LogP contribution in [0.2, 0.25) is 0 Å². The number of benzene rings is 1. The highest BCUT2D eigenvalue weighted by Crippen LogP contribution is 2.22. The van der Waals surface area contributed by atoms with Crippen molar-refractivity contribution < 1.29 is 23.1 Å². The van der Waals surface area contributed by atoms with Gasteiger partial charge in [0.25, 0.3) is 5.91 Å². The molecular formula is C15H20N2O5S2. The van der Waals surface area contributed by atoms with E-state index in [1.54, 1.807) is 0 Å². The number of hydrogen-bond donors (Lipinski definition) is 3. The van der Waals surface area contributed by atoms with Crippen LogP contribution in [0.3, 0.4) is 0 Å². The van der Waals surface area contributed by atoms with Crippen molar-refractivity contribution in [3.63, 3.8) is 0 Å². The predicted octanol–water partition coefficient (Wildman–Crippen LogP) is 1.06. The molecule has 0 spiro atoms. The molecule has 1 amide bonds. The first kappa shape index (κ1) is 18.8. The van der Waals surface area contributed by atoms with Gasteiger partial charge in [-0.1, -0.05) is 0 Å². The Balaban J connectivity index is 2.03. The number of nitrogens with one attached hydrogen (secondary N) is 2. The Labute approximate surface area is 145 Å². The third kappa shape index (κ3) is 5.22. The van der Waals surface area contributed by atoms with E-state index < -0.39 is 27.9 Å². The van der Waals surface area contributed by atoms with E-state index in [1.165, 1.54) is 36.0 Å². The lowest BCUT2D eigenvalue weighted by Gasteiger charge is -2.14. The summed E-state index contributed by atoms with van der Waals surface area (Å²) in [5.74, 6) is -1.02. The van der Waals surface area contributed by atoms with Crippen molar-refractivity contribution in [1.82, 2.24) is 10.0 Å². The smallest absolute Gasteiger partial charge is 0.326 e. The number of carboxylic acids is 1. The van der Waals surface area contributed by atoms with E-state index in [1.807, 2.05) is 6.26 Å². The van der Waals surface area contributed by atoms with Crippen LogP contribution in [0.1, 0.15) is 29.6 Å². The Kier molecular flexibility index (Phi) is 6.25. The van der Waals surface area contributed by atoms with Gasteiger partial charge in [-0.2, -0.15) is 11.8 Å². The molecule has 1 aliphatic rings. The fourth-order valence-electron chi connectivity index (χ4n) is 2.01. The molecule has 132 valence electrons. The van der Waals surface area contributed by atoms with E-state index in [9.17, 15) is 18.0 Å². The lowest BCUT2D eigenvalue weighted by Crippen LogP contribution is -2.41. The molecule has 3 N–H and O–H groups in total. The Hall–Kier alpha value is -1.58. The van der Waals surface area contributed by atoms with E-state index in [4.69, 9.17) is 5.11 Å². The second kappa shape index (κ2) is 8.00. The first-order chi connectivity index (χ1) is 11.3. The first-order valence-corrected chi connectivity index (χ1v) is 10.4. The van der Waals surface area contributed by atoms with E-state index in [0.717, 1.165) is 12.8 Å². The summed E-state index contributed by atoms with van der Waals surface area (Å²) in [5, 5.41) is 11.6. The minimum Gasteiger partial charge on any atom is -0.480 e. The highest BCUT2D eigenvalue weighted by molar-refractivity contribution is 7.98. The fourth-order valence-corrected chi connectivity index (χ4v) is 3.79. The molecule has 1 aromatic carbocycles. The summed E-state index contributed by atoms with van der Waals surface area (Å²) in [7, 11) is -3.57. The van der Waals surface area contributed by atoms with Crippen LogP contribution in [0.5, 0.6) is 0 Å². The molecule has 0 aliphatic heterocycles. The predicted molar refractivity (Wildman–Crippen MR) is 91.7 cm³/mol. The van der Waals surface area contributed by atoms with Crippen molar-refractivity contribution in [1.29, 1.82) is 0 Å². The Morgan fingerprint density at radius 3 is 2.42 bits per heavy atom. The van der Waals surface area contributed by atoms with Crippen LogP contribution in [-0.4, -0.2) is 49.5 Å². The number of sulfonamides is 1. The van der Waals surface area contributed by atoms with E-state index >= 15 is 0 Å². The third-order valence-electron chi connectivity index (χ3n) is 3.54. The Bertz CT molecular complexity index is 699. The summed E-state index contributed by atoms with van der Waals surface area (Å²) in [5.41, 5.74) is 0.218. The van der Waals surface area contributed by atoms with Crippen LogP contribution in [0.25, 0.3) is 0 Å².